The van der Waals surface area contributed by atoms with E-state index in [1.54, 1.807) is 0 Å². The minimum atomic E-state index is -0.0380. The van der Waals surface area contributed by atoms with Gasteiger partial charge in [-0.05, 0) is 62.5 Å². The summed E-state index contributed by atoms with van der Waals surface area (Å²) in [6.07, 6.45) is 9.84. The van der Waals surface area contributed by atoms with Gasteiger partial charge >= 0.3 is 6.03 Å². The number of pyridine rings is 1. The van der Waals surface area contributed by atoms with Crippen LogP contribution in [0, 0.1) is 11.8 Å². The molecule has 0 spiro atoms. The second-order valence-corrected chi connectivity index (χ2v) is 7.39. The maximum Gasteiger partial charge on any atom is 0.315 e. The van der Waals surface area contributed by atoms with E-state index in [2.05, 4.69) is 32.7 Å². The smallest absolute Gasteiger partial charge is 0.315 e. The van der Waals surface area contributed by atoms with Gasteiger partial charge in [0.05, 0.1) is 0 Å². The maximum absolute atomic E-state index is 12.1. The molecule has 0 bridgehead atoms. The van der Waals surface area contributed by atoms with Crippen molar-refractivity contribution in [2.75, 3.05) is 31.1 Å². The number of nitrogens with zero attached hydrogens (tertiary/aromatic N) is 2. The molecule has 2 fully saturated rings. The molecule has 1 aromatic heterocycles. The third-order valence-electron chi connectivity index (χ3n) is 5.63. The zero-order valence-electron chi connectivity index (χ0n) is 14.9. The number of hydrogen-bond donors (Lipinski definition) is 3. The van der Waals surface area contributed by atoms with Crippen molar-refractivity contribution in [1.29, 1.82) is 0 Å². The van der Waals surface area contributed by atoms with Crippen LogP contribution in [0.1, 0.15) is 38.5 Å². The van der Waals surface area contributed by atoms with Crippen molar-refractivity contribution in [3.05, 3.63) is 24.5 Å². The summed E-state index contributed by atoms with van der Waals surface area (Å²) in [5.41, 5.74) is 1.23. The summed E-state index contributed by atoms with van der Waals surface area (Å²) in [6.45, 7) is 3.09. The highest BCUT2D eigenvalue weighted by atomic mass is 16.3. The van der Waals surface area contributed by atoms with Gasteiger partial charge < -0.3 is 20.6 Å². The molecule has 3 N–H and O–H groups in total. The lowest BCUT2D eigenvalue weighted by Gasteiger charge is -2.33. The largest absolute Gasteiger partial charge is 0.396 e. The van der Waals surface area contributed by atoms with Gasteiger partial charge in [-0.2, -0.15) is 0 Å². The molecule has 2 aliphatic rings. The second kappa shape index (κ2) is 9.04. The monoisotopic (exact) mass is 346 g/mol. The highest BCUT2D eigenvalue weighted by Crippen LogP contribution is 2.24. The van der Waals surface area contributed by atoms with Crippen molar-refractivity contribution in [3.63, 3.8) is 0 Å². The number of aromatic nitrogens is 1. The number of urea groups is 1. The second-order valence-electron chi connectivity index (χ2n) is 7.39. The number of carbonyl (C=O) groups excluding carboxylic acids is 1. The summed E-state index contributed by atoms with van der Waals surface area (Å²) >= 11 is 0. The number of amides is 2. The van der Waals surface area contributed by atoms with Gasteiger partial charge in [-0.25, -0.2) is 4.79 Å². The average molecular weight is 346 g/mol. The Kier molecular flexibility index (Phi) is 6.50. The van der Waals surface area contributed by atoms with Crippen LogP contribution < -0.4 is 15.5 Å². The van der Waals surface area contributed by atoms with Crippen molar-refractivity contribution in [2.45, 2.75) is 44.6 Å². The Bertz CT molecular complexity index is 523. The highest BCUT2D eigenvalue weighted by molar-refractivity contribution is 5.74. The molecule has 0 atom stereocenters. The van der Waals surface area contributed by atoms with E-state index >= 15 is 0 Å². The minimum Gasteiger partial charge on any atom is -0.396 e. The van der Waals surface area contributed by atoms with Crippen LogP contribution in [0.4, 0.5) is 10.5 Å². The van der Waals surface area contributed by atoms with E-state index in [-0.39, 0.29) is 18.7 Å². The number of carbonyl (C=O) groups is 1. The van der Waals surface area contributed by atoms with Crippen LogP contribution in [0.3, 0.4) is 0 Å². The zero-order valence-corrected chi connectivity index (χ0v) is 14.9. The maximum atomic E-state index is 12.1. The Hall–Kier alpha value is -1.82. The van der Waals surface area contributed by atoms with E-state index < -0.39 is 0 Å². The summed E-state index contributed by atoms with van der Waals surface area (Å²) in [6, 6.07) is 4.33. The molecule has 0 unspecified atom stereocenters. The van der Waals surface area contributed by atoms with Crippen molar-refractivity contribution in [2.24, 2.45) is 11.8 Å². The molecule has 1 aliphatic heterocycles. The fourth-order valence-corrected chi connectivity index (χ4v) is 3.91. The molecular weight excluding hydrogens is 316 g/mol. The van der Waals surface area contributed by atoms with Gasteiger partial charge in [0, 0.05) is 50.4 Å². The molecule has 1 aromatic rings. The summed E-state index contributed by atoms with van der Waals surface area (Å²) in [5.74, 6) is 0.973. The van der Waals surface area contributed by atoms with Crippen LogP contribution in [0.2, 0.25) is 0 Å². The molecule has 3 rings (SSSR count). The van der Waals surface area contributed by atoms with E-state index in [1.807, 2.05) is 12.4 Å². The molecule has 0 aromatic carbocycles. The lowest BCUT2D eigenvalue weighted by atomic mass is 9.87. The lowest BCUT2D eigenvalue weighted by Crippen LogP contribution is -2.46. The van der Waals surface area contributed by atoms with Crippen molar-refractivity contribution < 1.29 is 9.90 Å². The molecule has 2 amide bonds. The van der Waals surface area contributed by atoms with Crippen LogP contribution in [-0.4, -0.2) is 48.4 Å². The van der Waals surface area contributed by atoms with E-state index in [4.69, 9.17) is 0 Å². The topological polar surface area (TPSA) is 77.5 Å². The Morgan fingerprint density at radius 3 is 2.40 bits per heavy atom. The van der Waals surface area contributed by atoms with Gasteiger partial charge in [0.2, 0.25) is 0 Å². The molecular formula is C19H30N4O2. The molecule has 2 heterocycles. The van der Waals surface area contributed by atoms with Crippen molar-refractivity contribution in [3.8, 4) is 0 Å². The Labute approximate surface area is 150 Å². The molecule has 1 saturated heterocycles. The Morgan fingerprint density at radius 1 is 1.08 bits per heavy atom. The van der Waals surface area contributed by atoms with Crippen molar-refractivity contribution >= 4 is 11.7 Å². The van der Waals surface area contributed by atoms with E-state index in [1.165, 1.54) is 5.69 Å². The van der Waals surface area contributed by atoms with Gasteiger partial charge in [-0.1, -0.05) is 0 Å². The molecule has 6 heteroatoms. The number of aliphatic hydroxyl groups is 1. The van der Waals surface area contributed by atoms with Crippen LogP contribution in [0.25, 0.3) is 0 Å². The Balaban J connectivity index is 1.32. The first-order valence-electron chi connectivity index (χ1n) is 9.55. The minimum absolute atomic E-state index is 0.0380. The number of anilines is 1. The predicted octanol–water partition coefficient (Wildman–Crippen LogP) is 2.15. The van der Waals surface area contributed by atoms with Crippen LogP contribution in [0.15, 0.2) is 24.5 Å². The first kappa shape index (κ1) is 18.0. The molecule has 138 valence electrons. The number of rotatable bonds is 5. The number of aliphatic hydroxyl groups excluding tert-OH is 1. The summed E-state index contributed by atoms with van der Waals surface area (Å²) in [4.78, 5) is 18.6. The third kappa shape index (κ3) is 5.33. The summed E-state index contributed by atoms with van der Waals surface area (Å²) in [5, 5.41) is 15.3. The fraction of sp³-hybridized carbons (Fsp3) is 0.684. The molecule has 25 heavy (non-hydrogen) atoms. The standard InChI is InChI=1S/C19H30N4O2/c24-14-16-1-3-17(4-2-16)22-19(25)21-13-15-7-11-23(12-8-15)18-5-9-20-10-6-18/h5-6,9-10,15-17,24H,1-4,7-8,11-14H2,(H2,21,22,25). The quantitative estimate of drug-likeness (QED) is 0.763. The van der Waals surface area contributed by atoms with E-state index in [9.17, 15) is 9.90 Å². The Morgan fingerprint density at radius 2 is 1.76 bits per heavy atom. The van der Waals surface area contributed by atoms with Gasteiger partial charge in [-0.15, -0.1) is 0 Å². The average Bonchev–Trinajstić information content (AvgIpc) is 2.68. The number of hydrogen-bond acceptors (Lipinski definition) is 4. The number of nitrogens with one attached hydrogen (secondary N) is 2. The lowest BCUT2D eigenvalue weighted by molar-refractivity contribution is 0.174. The summed E-state index contributed by atoms with van der Waals surface area (Å²) in [7, 11) is 0. The first-order chi connectivity index (χ1) is 12.2. The van der Waals surface area contributed by atoms with Gasteiger partial charge in [0.15, 0.2) is 0 Å². The SMILES string of the molecule is O=C(NCC1CCN(c2ccncc2)CC1)NC1CCC(CO)CC1. The zero-order chi connectivity index (χ0) is 17.5. The summed E-state index contributed by atoms with van der Waals surface area (Å²) < 4.78 is 0. The van der Waals surface area contributed by atoms with Crippen LogP contribution in [0.5, 0.6) is 0 Å². The van der Waals surface area contributed by atoms with Gasteiger partial charge in [-0.3, -0.25) is 4.98 Å². The molecule has 1 aliphatic carbocycles. The van der Waals surface area contributed by atoms with Crippen molar-refractivity contribution in [1.82, 2.24) is 15.6 Å². The van der Waals surface area contributed by atoms with Crippen LogP contribution >= 0.6 is 0 Å². The van der Waals surface area contributed by atoms with Gasteiger partial charge in [0.1, 0.15) is 0 Å². The first-order valence-corrected chi connectivity index (χ1v) is 9.55. The molecule has 6 nitrogen and oxygen atoms in total. The van der Waals surface area contributed by atoms with E-state index in [0.717, 1.165) is 58.2 Å². The fourth-order valence-electron chi connectivity index (χ4n) is 3.91. The third-order valence-corrected chi connectivity index (χ3v) is 5.63. The van der Waals surface area contributed by atoms with Crippen LogP contribution in [-0.2, 0) is 0 Å². The normalized spacial score (nSPS) is 24.8. The highest BCUT2D eigenvalue weighted by Gasteiger charge is 2.23. The predicted molar refractivity (Wildman–Crippen MR) is 98.5 cm³/mol. The van der Waals surface area contributed by atoms with E-state index in [0.29, 0.717) is 11.8 Å². The molecule has 0 radical (unpaired) electrons. The molecule has 1 saturated carbocycles. The number of piperidine rings is 1. The van der Waals surface area contributed by atoms with Gasteiger partial charge in [0.25, 0.3) is 0 Å².